The van der Waals surface area contributed by atoms with Crippen LogP contribution >= 0.6 is 0 Å². The fourth-order valence-corrected chi connectivity index (χ4v) is 1.21. The largest absolute Gasteiger partial charge is 0.448 e. The van der Waals surface area contributed by atoms with Gasteiger partial charge in [0.15, 0.2) is 5.89 Å². The molecule has 0 radical (unpaired) electrons. The van der Waals surface area contributed by atoms with Crippen molar-refractivity contribution in [2.75, 3.05) is 0 Å². The number of aryl methyl sites for hydroxylation is 1. The molecule has 0 aliphatic carbocycles. The standard InChI is InChI=1S/C12H21NO/c1-9(2)11-13-10(8-14-11)6-7-12(3,4)5/h8-9H,6-7H2,1-5H3. The van der Waals surface area contributed by atoms with E-state index in [9.17, 15) is 0 Å². The summed E-state index contributed by atoms with van der Waals surface area (Å²) >= 11 is 0. The van der Waals surface area contributed by atoms with Gasteiger partial charge in [0.2, 0.25) is 0 Å². The van der Waals surface area contributed by atoms with Gasteiger partial charge in [-0.25, -0.2) is 4.98 Å². The first-order chi connectivity index (χ1) is 6.38. The van der Waals surface area contributed by atoms with Crippen LogP contribution in [0.2, 0.25) is 0 Å². The summed E-state index contributed by atoms with van der Waals surface area (Å²) in [6.45, 7) is 10.9. The zero-order chi connectivity index (χ0) is 10.8. The Morgan fingerprint density at radius 1 is 1.36 bits per heavy atom. The third-order valence-electron chi connectivity index (χ3n) is 2.19. The summed E-state index contributed by atoms with van der Waals surface area (Å²) in [7, 11) is 0. The number of aromatic nitrogens is 1. The molecule has 1 aromatic rings. The third-order valence-corrected chi connectivity index (χ3v) is 2.19. The molecule has 1 rings (SSSR count). The van der Waals surface area contributed by atoms with Crippen molar-refractivity contribution in [2.45, 2.75) is 53.4 Å². The normalized spacial score (nSPS) is 12.4. The molecule has 2 heteroatoms. The second kappa shape index (κ2) is 4.16. The van der Waals surface area contributed by atoms with Crippen LogP contribution in [0.1, 0.15) is 58.5 Å². The maximum Gasteiger partial charge on any atom is 0.196 e. The minimum atomic E-state index is 0.372. The molecule has 0 saturated heterocycles. The molecule has 0 aliphatic rings. The number of nitrogens with zero attached hydrogens (tertiary/aromatic N) is 1. The average molecular weight is 195 g/mol. The molecular formula is C12H21NO. The van der Waals surface area contributed by atoms with Gasteiger partial charge in [-0.05, 0) is 18.3 Å². The molecule has 0 spiro atoms. The SMILES string of the molecule is CC(C)c1nc(CCC(C)(C)C)co1. The Labute approximate surface area is 86.7 Å². The van der Waals surface area contributed by atoms with Crippen LogP contribution in [0.3, 0.4) is 0 Å². The van der Waals surface area contributed by atoms with Crippen LogP contribution in [-0.2, 0) is 6.42 Å². The van der Waals surface area contributed by atoms with E-state index >= 15 is 0 Å². The van der Waals surface area contributed by atoms with Gasteiger partial charge in [-0.1, -0.05) is 34.6 Å². The second-order valence-corrected chi connectivity index (χ2v) is 5.39. The van der Waals surface area contributed by atoms with Crippen LogP contribution in [0, 0.1) is 5.41 Å². The maximum atomic E-state index is 5.38. The van der Waals surface area contributed by atoms with E-state index in [1.54, 1.807) is 6.26 Å². The fourth-order valence-electron chi connectivity index (χ4n) is 1.21. The van der Waals surface area contributed by atoms with Crippen molar-refractivity contribution in [3.05, 3.63) is 17.8 Å². The Bertz CT molecular complexity index is 281. The molecule has 0 aromatic carbocycles. The number of hydrogen-bond acceptors (Lipinski definition) is 2. The number of rotatable bonds is 3. The van der Waals surface area contributed by atoms with E-state index in [1.807, 2.05) is 0 Å². The van der Waals surface area contributed by atoms with Crippen LogP contribution in [0.5, 0.6) is 0 Å². The summed E-state index contributed by atoms with van der Waals surface area (Å²) < 4.78 is 5.38. The molecule has 14 heavy (non-hydrogen) atoms. The van der Waals surface area contributed by atoms with Crippen molar-refractivity contribution in [2.24, 2.45) is 5.41 Å². The quantitative estimate of drug-likeness (QED) is 0.733. The number of hydrogen-bond donors (Lipinski definition) is 0. The molecule has 0 unspecified atom stereocenters. The smallest absolute Gasteiger partial charge is 0.196 e. The Kier molecular flexibility index (Phi) is 3.35. The Morgan fingerprint density at radius 2 is 2.00 bits per heavy atom. The van der Waals surface area contributed by atoms with E-state index in [-0.39, 0.29) is 0 Å². The van der Waals surface area contributed by atoms with E-state index in [4.69, 9.17) is 4.42 Å². The lowest BCUT2D eigenvalue weighted by molar-refractivity contribution is 0.376. The molecular weight excluding hydrogens is 174 g/mol. The molecule has 1 heterocycles. The highest BCUT2D eigenvalue weighted by Gasteiger charge is 2.13. The van der Waals surface area contributed by atoms with Gasteiger partial charge in [0, 0.05) is 5.92 Å². The van der Waals surface area contributed by atoms with E-state index in [2.05, 4.69) is 39.6 Å². The van der Waals surface area contributed by atoms with E-state index in [1.165, 1.54) is 0 Å². The molecule has 0 fully saturated rings. The summed E-state index contributed by atoms with van der Waals surface area (Å²) in [5.74, 6) is 1.24. The summed E-state index contributed by atoms with van der Waals surface area (Å²) in [4.78, 5) is 4.45. The van der Waals surface area contributed by atoms with Gasteiger partial charge < -0.3 is 4.42 Å². The van der Waals surface area contributed by atoms with Gasteiger partial charge in [0.1, 0.15) is 6.26 Å². The first-order valence-electron chi connectivity index (χ1n) is 5.33. The predicted octanol–water partition coefficient (Wildman–Crippen LogP) is 3.78. The lowest BCUT2D eigenvalue weighted by Crippen LogP contribution is -2.06. The maximum absolute atomic E-state index is 5.38. The van der Waals surface area contributed by atoms with Gasteiger partial charge in [-0.3, -0.25) is 0 Å². The van der Waals surface area contributed by atoms with Crippen LogP contribution in [0.15, 0.2) is 10.7 Å². The minimum absolute atomic E-state index is 0.372. The summed E-state index contributed by atoms with van der Waals surface area (Å²) in [5.41, 5.74) is 1.46. The Balaban J connectivity index is 2.52. The molecule has 0 N–H and O–H groups in total. The van der Waals surface area contributed by atoms with Crippen LogP contribution in [0.4, 0.5) is 0 Å². The molecule has 1 aromatic heterocycles. The first kappa shape index (κ1) is 11.3. The average Bonchev–Trinajstić information content (AvgIpc) is 2.47. The van der Waals surface area contributed by atoms with E-state index < -0.39 is 0 Å². The minimum Gasteiger partial charge on any atom is -0.448 e. The zero-order valence-corrected chi connectivity index (χ0v) is 9.92. The monoisotopic (exact) mass is 195 g/mol. The van der Waals surface area contributed by atoms with E-state index in [0.717, 1.165) is 24.4 Å². The molecule has 0 bridgehead atoms. The summed E-state index contributed by atoms with van der Waals surface area (Å²) in [5, 5.41) is 0. The molecule has 0 atom stereocenters. The molecule has 0 aliphatic heterocycles. The van der Waals surface area contributed by atoms with Gasteiger partial charge >= 0.3 is 0 Å². The highest BCUT2D eigenvalue weighted by atomic mass is 16.3. The van der Waals surface area contributed by atoms with Crippen LogP contribution < -0.4 is 0 Å². The summed E-state index contributed by atoms with van der Waals surface area (Å²) in [6, 6.07) is 0. The lowest BCUT2D eigenvalue weighted by Gasteiger charge is -2.16. The van der Waals surface area contributed by atoms with Gasteiger partial charge in [0.25, 0.3) is 0 Å². The molecule has 0 amide bonds. The third kappa shape index (κ3) is 3.52. The Morgan fingerprint density at radius 3 is 2.43 bits per heavy atom. The Hall–Kier alpha value is -0.790. The summed E-state index contributed by atoms with van der Waals surface area (Å²) in [6.07, 6.45) is 3.96. The second-order valence-electron chi connectivity index (χ2n) is 5.39. The zero-order valence-electron chi connectivity index (χ0n) is 9.92. The van der Waals surface area contributed by atoms with Gasteiger partial charge in [0.05, 0.1) is 5.69 Å². The first-order valence-corrected chi connectivity index (χ1v) is 5.33. The fraction of sp³-hybridized carbons (Fsp3) is 0.750. The predicted molar refractivity (Wildman–Crippen MR) is 58.4 cm³/mol. The van der Waals surface area contributed by atoms with Gasteiger partial charge in [-0.2, -0.15) is 0 Å². The van der Waals surface area contributed by atoms with Crippen molar-refractivity contribution in [1.29, 1.82) is 0 Å². The molecule has 80 valence electrons. The lowest BCUT2D eigenvalue weighted by atomic mass is 9.90. The van der Waals surface area contributed by atoms with Crippen molar-refractivity contribution >= 4 is 0 Å². The molecule has 2 nitrogen and oxygen atoms in total. The van der Waals surface area contributed by atoms with Crippen molar-refractivity contribution in [3.63, 3.8) is 0 Å². The highest BCUT2D eigenvalue weighted by molar-refractivity contribution is 4.99. The highest BCUT2D eigenvalue weighted by Crippen LogP contribution is 2.22. The topological polar surface area (TPSA) is 26.0 Å². The van der Waals surface area contributed by atoms with Gasteiger partial charge in [-0.15, -0.1) is 0 Å². The van der Waals surface area contributed by atoms with Crippen LogP contribution in [0.25, 0.3) is 0 Å². The van der Waals surface area contributed by atoms with Crippen molar-refractivity contribution in [1.82, 2.24) is 4.98 Å². The van der Waals surface area contributed by atoms with E-state index in [0.29, 0.717) is 11.3 Å². The number of oxazole rings is 1. The molecule has 0 saturated carbocycles. The van der Waals surface area contributed by atoms with Crippen molar-refractivity contribution < 1.29 is 4.42 Å². The van der Waals surface area contributed by atoms with Crippen LogP contribution in [-0.4, -0.2) is 4.98 Å². The van der Waals surface area contributed by atoms with Crippen molar-refractivity contribution in [3.8, 4) is 0 Å².